The zero-order valence-corrected chi connectivity index (χ0v) is 13.5. The summed E-state index contributed by atoms with van der Waals surface area (Å²) in [5, 5.41) is 3.57. The van der Waals surface area contributed by atoms with Gasteiger partial charge >= 0.3 is 0 Å². The molecule has 5 nitrogen and oxygen atoms in total. The van der Waals surface area contributed by atoms with Crippen LogP contribution in [0.2, 0.25) is 0 Å². The Morgan fingerprint density at radius 3 is 2.33 bits per heavy atom. The summed E-state index contributed by atoms with van der Waals surface area (Å²) in [6, 6.07) is 11.1. The van der Waals surface area contributed by atoms with Crippen molar-refractivity contribution in [3.8, 4) is 11.5 Å². The number of benzene rings is 3. The summed E-state index contributed by atoms with van der Waals surface area (Å²) in [4.78, 5) is 26.0. The van der Waals surface area contributed by atoms with Crippen LogP contribution in [0.5, 0.6) is 11.5 Å². The van der Waals surface area contributed by atoms with Crippen molar-refractivity contribution in [2.45, 2.75) is 0 Å². The Bertz CT molecular complexity index is 1040. The average Bonchev–Trinajstić information content (AvgIpc) is 2.62. The van der Waals surface area contributed by atoms with E-state index in [0.717, 1.165) is 27.2 Å². The lowest BCUT2D eigenvalue weighted by molar-refractivity contribution is -0.114. The number of ketones is 1. The second kappa shape index (κ2) is 4.96. The summed E-state index contributed by atoms with van der Waals surface area (Å²) in [5.41, 5.74) is 1.17. The van der Waals surface area contributed by atoms with Gasteiger partial charge in [-0.05, 0) is 34.4 Å². The highest BCUT2D eigenvalue weighted by atomic mass is 16.5. The molecule has 0 radical (unpaired) electrons. The Hall–Kier alpha value is -3.08. The third-order valence-corrected chi connectivity index (χ3v) is 4.56. The maximum atomic E-state index is 12.3. The number of rotatable bonds is 2. The molecular formula is C19H15NO4. The number of hydrogen-bond donors (Lipinski definition) is 0. The molecular weight excluding hydrogens is 306 g/mol. The molecule has 1 aliphatic rings. The summed E-state index contributed by atoms with van der Waals surface area (Å²) in [6.07, 6.45) is 0. The van der Waals surface area contributed by atoms with Gasteiger partial charge in [-0.1, -0.05) is 18.2 Å². The van der Waals surface area contributed by atoms with Crippen LogP contribution in [-0.4, -0.2) is 33.0 Å². The van der Waals surface area contributed by atoms with Crippen molar-refractivity contribution in [2.24, 2.45) is 0 Å². The molecule has 0 saturated carbocycles. The number of carbonyl (C=O) groups is 2. The standard InChI is InChI=1S/C19H15NO4/c1-20-14-7-10-8-15(23-2)16(24-3)9-13(10)11-5-4-6-12(17(11)14)18(21)19(20)22/h4-9H,1-3H3. The van der Waals surface area contributed by atoms with Gasteiger partial charge in [0.05, 0.1) is 19.9 Å². The van der Waals surface area contributed by atoms with Gasteiger partial charge in [-0.15, -0.1) is 0 Å². The van der Waals surface area contributed by atoms with E-state index in [0.29, 0.717) is 17.1 Å². The highest BCUT2D eigenvalue weighted by Gasteiger charge is 2.31. The molecule has 4 rings (SSSR count). The molecule has 1 aliphatic heterocycles. The number of nitrogens with zero attached hydrogens (tertiary/aromatic N) is 1. The normalized spacial score (nSPS) is 13.7. The molecule has 3 aromatic rings. The molecule has 0 spiro atoms. The molecule has 0 fully saturated rings. The van der Waals surface area contributed by atoms with Crippen LogP contribution in [0.15, 0.2) is 36.4 Å². The smallest absolute Gasteiger partial charge is 0.299 e. The van der Waals surface area contributed by atoms with E-state index in [2.05, 4.69) is 0 Å². The van der Waals surface area contributed by atoms with Gasteiger partial charge in [-0.3, -0.25) is 9.59 Å². The average molecular weight is 321 g/mol. The Balaban J connectivity index is 2.21. The molecule has 0 saturated heterocycles. The molecule has 1 heterocycles. The van der Waals surface area contributed by atoms with E-state index < -0.39 is 11.7 Å². The monoisotopic (exact) mass is 321 g/mol. The first-order chi connectivity index (χ1) is 11.6. The Morgan fingerprint density at radius 2 is 1.62 bits per heavy atom. The van der Waals surface area contributed by atoms with E-state index in [9.17, 15) is 9.59 Å². The van der Waals surface area contributed by atoms with E-state index in [4.69, 9.17) is 9.47 Å². The van der Waals surface area contributed by atoms with Crippen LogP contribution in [0.3, 0.4) is 0 Å². The van der Waals surface area contributed by atoms with Crippen LogP contribution in [0, 0.1) is 0 Å². The number of ether oxygens (including phenoxy) is 2. The third kappa shape index (κ3) is 1.75. The van der Waals surface area contributed by atoms with Crippen LogP contribution in [0.4, 0.5) is 5.69 Å². The molecule has 0 atom stereocenters. The number of hydrogen-bond acceptors (Lipinski definition) is 4. The van der Waals surface area contributed by atoms with Crippen LogP contribution in [0.25, 0.3) is 21.5 Å². The van der Waals surface area contributed by atoms with Gasteiger partial charge in [-0.25, -0.2) is 0 Å². The molecule has 0 N–H and O–H groups in total. The maximum absolute atomic E-state index is 12.3. The van der Waals surface area contributed by atoms with Gasteiger partial charge in [0.1, 0.15) is 0 Å². The van der Waals surface area contributed by atoms with Crippen molar-refractivity contribution in [2.75, 3.05) is 26.2 Å². The number of methoxy groups -OCH3 is 2. The maximum Gasteiger partial charge on any atom is 0.299 e. The number of likely N-dealkylation sites (N-methyl/N-ethyl adjacent to an activating group) is 1. The van der Waals surface area contributed by atoms with Gasteiger partial charge in [0.2, 0.25) is 0 Å². The first-order valence-corrected chi connectivity index (χ1v) is 7.50. The van der Waals surface area contributed by atoms with E-state index in [1.165, 1.54) is 4.90 Å². The highest BCUT2D eigenvalue weighted by molar-refractivity contribution is 6.52. The quantitative estimate of drug-likeness (QED) is 0.537. The molecule has 0 bridgehead atoms. The number of anilines is 1. The van der Waals surface area contributed by atoms with Crippen LogP contribution >= 0.6 is 0 Å². The predicted octanol–water partition coefficient (Wildman–Crippen LogP) is 3.17. The fraction of sp³-hybridized carbons (Fsp3) is 0.158. The summed E-state index contributed by atoms with van der Waals surface area (Å²) in [7, 11) is 4.80. The van der Waals surface area contributed by atoms with Crippen molar-refractivity contribution >= 4 is 38.9 Å². The van der Waals surface area contributed by atoms with Crippen molar-refractivity contribution < 1.29 is 19.1 Å². The van der Waals surface area contributed by atoms with Crippen LogP contribution < -0.4 is 14.4 Å². The van der Waals surface area contributed by atoms with Gasteiger partial charge in [0, 0.05) is 18.0 Å². The fourth-order valence-electron chi connectivity index (χ4n) is 3.35. The molecule has 0 aromatic heterocycles. The summed E-state index contributed by atoms with van der Waals surface area (Å²) >= 11 is 0. The first-order valence-electron chi connectivity index (χ1n) is 7.50. The molecule has 0 unspecified atom stereocenters. The van der Waals surface area contributed by atoms with Crippen molar-refractivity contribution in [3.05, 3.63) is 42.0 Å². The predicted molar refractivity (Wildman–Crippen MR) is 92.3 cm³/mol. The summed E-state index contributed by atoms with van der Waals surface area (Å²) in [5.74, 6) is 0.246. The van der Waals surface area contributed by atoms with Crippen molar-refractivity contribution in [1.82, 2.24) is 0 Å². The topological polar surface area (TPSA) is 55.8 Å². The number of amides is 1. The van der Waals surface area contributed by atoms with Crippen LogP contribution in [-0.2, 0) is 4.79 Å². The number of fused-ring (bicyclic) bond motifs is 2. The van der Waals surface area contributed by atoms with E-state index in [1.54, 1.807) is 33.4 Å². The third-order valence-electron chi connectivity index (χ3n) is 4.56. The zero-order valence-electron chi connectivity index (χ0n) is 13.5. The number of Topliss-reactive ketones (excluding diaryl/α,β-unsaturated/α-hetero) is 1. The second-order valence-electron chi connectivity index (χ2n) is 5.75. The lowest BCUT2D eigenvalue weighted by Gasteiger charge is -2.26. The minimum Gasteiger partial charge on any atom is -0.493 e. The fourth-order valence-corrected chi connectivity index (χ4v) is 3.35. The van der Waals surface area contributed by atoms with Crippen LogP contribution in [0.1, 0.15) is 10.4 Å². The molecule has 1 amide bonds. The molecule has 5 heteroatoms. The van der Waals surface area contributed by atoms with E-state index in [1.807, 2.05) is 24.3 Å². The SMILES string of the molecule is COc1cc2cc3c4c(cccc4c2cc1OC)C(=O)C(=O)N3C. The second-order valence-corrected chi connectivity index (χ2v) is 5.75. The van der Waals surface area contributed by atoms with Gasteiger partial charge in [0.25, 0.3) is 11.7 Å². The first kappa shape index (κ1) is 14.5. The van der Waals surface area contributed by atoms with Gasteiger partial charge < -0.3 is 14.4 Å². The summed E-state index contributed by atoms with van der Waals surface area (Å²) in [6.45, 7) is 0. The Morgan fingerprint density at radius 1 is 0.917 bits per heavy atom. The largest absolute Gasteiger partial charge is 0.493 e. The summed E-state index contributed by atoms with van der Waals surface area (Å²) < 4.78 is 10.8. The lowest BCUT2D eigenvalue weighted by Crippen LogP contribution is -2.36. The van der Waals surface area contributed by atoms with Crippen molar-refractivity contribution in [3.63, 3.8) is 0 Å². The van der Waals surface area contributed by atoms with E-state index >= 15 is 0 Å². The van der Waals surface area contributed by atoms with Gasteiger partial charge in [-0.2, -0.15) is 0 Å². The van der Waals surface area contributed by atoms with Crippen molar-refractivity contribution in [1.29, 1.82) is 0 Å². The van der Waals surface area contributed by atoms with Gasteiger partial charge in [0.15, 0.2) is 11.5 Å². The minimum atomic E-state index is -0.519. The molecule has 120 valence electrons. The lowest BCUT2D eigenvalue weighted by atomic mass is 9.91. The Labute approximate surface area is 138 Å². The zero-order chi connectivity index (χ0) is 17.0. The molecule has 24 heavy (non-hydrogen) atoms. The number of carbonyl (C=O) groups excluding carboxylic acids is 2. The minimum absolute atomic E-state index is 0.447. The van der Waals surface area contributed by atoms with E-state index in [-0.39, 0.29) is 0 Å². The molecule has 0 aliphatic carbocycles. The highest BCUT2D eigenvalue weighted by Crippen LogP contribution is 2.42. The Kier molecular flexibility index (Phi) is 3.00. The molecule has 3 aromatic carbocycles.